The van der Waals surface area contributed by atoms with Crippen LogP contribution in [0.4, 0.5) is 5.69 Å². The number of rotatable bonds is 5. The molecule has 33 heavy (non-hydrogen) atoms. The van der Waals surface area contributed by atoms with Gasteiger partial charge >= 0.3 is 0 Å². The number of carbonyl (C=O) groups excluding carboxylic acids is 1. The molecule has 170 valence electrons. The first kappa shape index (κ1) is 21.3. The van der Waals surface area contributed by atoms with Crippen molar-refractivity contribution >= 4 is 17.1 Å². The Bertz CT molecular complexity index is 1200. The van der Waals surface area contributed by atoms with Crippen molar-refractivity contribution in [1.82, 2.24) is 19.8 Å². The van der Waals surface area contributed by atoms with Crippen molar-refractivity contribution < 1.29 is 9.53 Å². The number of likely N-dealkylation sites (N-methyl/N-ethyl adjacent to an activating group) is 1. The Balaban J connectivity index is 1.45. The molecule has 0 saturated carbocycles. The summed E-state index contributed by atoms with van der Waals surface area (Å²) >= 11 is 0. The lowest BCUT2D eigenvalue weighted by atomic mass is 10.0. The molecule has 4 heterocycles. The van der Waals surface area contributed by atoms with Gasteiger partial charge < -0.3 is 19.9 Å². The number of aromatic nitrogens is 2. The smallest absolute Gasteiger partial charge is 0.220 e. The molecule has 2 aliphatic rings. The molecular weight excluding hydrogens is 416 g/mol. The first-order valence-corrected chi connectivity index (χ1v) is 11.4. The predicted octanol–water partition coefficient (Wildman–Crippen LogP) is 2.53. The number of amides is 1. The van der Waals surface area contributed by atoms with E-state index in [0.29, 0.717) is 29.8 Å². The van der Waals surface area contributed by atoms with Gasteiger partial charge in [-0.3, -0.25) is 4.79 Å². The number of fused-ring (bicyclic) bond motifs is 1. The third-order valence-corrected chi connectivity index (χ3v) is 6.75. The van der Waals surface area contributed by atoms with Crippen LogP contribution in [0.15, 0.2) is 42.7 Å². The maximum Gasteiger partial charge on any atom is 0.220 e. The topological polar surface area (TPSA) is 85.9 Å². The summed E-state index contributed by atoms with van der Waals surface area (Å²) in [5.41, 5.74) is 4.36. The number of nitrogens with zero attached hydrogens (tertiary/aromatic N) is 5. The van der Waals surface area contributed by atoms with Gasteiger partial charge in [0.25, 0.3) is 0 Å². The molecule has 2 aliphatic heterocycles. The molecule has 1 aromatic carbocycles. The summed E-state index contributed by atoms with van der Waals surface area (Å²) in [4.78, 5) is 16.4. The molecule has 2 fully saturated rings. The van der Waals surface area contributed by atoms with E-state index >= 15 is 0 Å². The Morgan fingerprint density at radius 3 is 2.61 bits per heavy atom. The van der Waals surface area contributed by atoms with Crippen LogP contribution in [0.2, 0.25) is 0 Å². The van der Waals surface area contributed by atoms with Gasteiger partial charge in [-0.05, 0) is 37.7 Å². The maximum absolute atomic E-state index is 11.6. The SMILES string of the molecule is C[C@@H](Oc1cc(-c2ccc(N3CCN(C)CC3)cc2)cn2ncc(C#N)c12)[C@H]1CNC(=O)C1. The highest BCUT2D eigenvalue weighted by Crippen LogP contribution is 2.33. The second-order valence-corrected chi connectivity index (χ2v) is 8.98. The highest BCUT2D eigenvalue weighted by atomic mass is 16.5. The zero-order chi connectivity index (χ0) is 22.9. The fourth-order valence-corrected chi connectivity index (χ4v) is 4.60. The first-order chi connectivity index (χ1) is 16.0. The van der Waals surface area contributed by atoms with Crippen LogP contribution >= 0.6 is 0 Å². The number of pyridine rings is 1. The summed E-state index contributed by atoms with van der Waals surface area (Å²) in [5, 5.41) is 16.8. The molecule has 0 aliphatic carbocycles. The Labute approximate surface area is 193 Å². The van der Waals surface area contributed by atoms with E-state index < -0.39 is 0 Å². The average molecular weight is 445 g/mol. The molecule has 0 unspecified atom stereocenters. The van der Waals surface area contributed by atoms with Crippen LogP contribution in [0, 0.1) is 17.2 Å². The Morgan fingerprint density at radius 2 is 1.94 bits per heavy atom. The molecular formula is C25H28N6O2. The van der Waals surface area contributed by atoms with Crippen molar-refractivity contribution in [3.63, 3.8) is 0 Å². The zero-order valence-corrected chi connectivity index (χ0v) is 19.0. The second-order valence-electron chi connectivity index (χ2n) is 8.98. The second kappa shape index (κ2) is 8.75. The summed E-state index contributed by atoms with van der Waals surface area (Å²) < 4.78 is 8.05. The van der Waals surface area contributed by atoms with Crippen molar-refractivity contribution in [2.75, 3.05) is 44.7 Å². The van der Waals surface area contributed by atoms with Gasteiger partial charge in [0.15, 0.2) is 0 Å². The molecule has 0 spiro atoms. The van der Waals surface area contributed by atoms with Gasteiger partial charge in [0, 0.05) is 62.5 Å². The van der Waals surface area contributed by atoms with Crippen LogP contribution in [0.25, 0.3) is 16.6 Å². The van der Waals surface area contributed by atoms with Gasteiger partial charge in [0.1, 0.15) is 29.0 Å². The lowest BCUT2D eigenvalue weighted by Gasteiger charge is -2.34. The largest absolute Gasteiger partial charge is 0.488 e. The minimum absolute atomic E-state index is 0.0526. The van der Waals surface area contributed by atoms with E-state index in [-0.39, 0.29) is 17.9 Å². The third-order valence-electron chi connectivity index (χ3n) is 6.75. The standard InChI is InChI=1S/C25H28N6O2/c1-17(19-12-24(32)27-14-19)33-23-11-20(16-31-25(23)21(13-26)15-28-31)18-3-5-22(6-4-18)30-9-7-29(2)8-10-30/h3-6,11,15-17,19H,7-10,12,14H2,1-2H3,(H,27,32)/t17-,19-/m1/s1. The molecule has 1 amide bonds. The van der Waals surface area contributed by atoms with Gasteiger partial charge in [-0.2, -0.15) is 10.4 Å². The van der Waals surface area contributed by atoms with Crippen molar-refractivity contribution in [3.05, 3.63) is 48.3 Å². The molecule has 5 rings (SSSR count). The Morgan fingerprint density at radius 1 is 1.18 bits per heavy atom. The van der Waals surface area contributed by atoms with Crippen molar-refractivity contribution in [1.29, 1.82) is 5.26 Å². The predicted molar refractivity (Wildman–Crippen MR) is 126 cm³/mol. The Hall–Kier alpha value is -3.57. The van der Waals surface area contributed by atoms with E-state index in [1.807, 2.05) is 19.2 Å². The quantitative estimate of drug-likeness (QED) is 0.651. The maximum atomic E-state index is 11.6. The molecule has 2 aromatic heterocycles. The van der Waals surface area contributed by atoms with Crippen LogP contribution in [0.3, 0.4) is 0 Å². The molecule has 1 N–H and O–H groups in total. The van der Waals surface area contributed by atoms with E-state index in [1.54, 1.807) is 10.7 Å². The third kappa shape index (κ3) is 4.24. The van der Waals surface area contributed by atoms with Gasteiger partial charge in [-0.25, -0.2) is 4.52 Å². The van der Waals surface area contributed by atoms with Crippen LogP contribution in [-0.2, 0) is 4.79 Å². The highest BCUT2D eigenvalue weighted by molar-refractivity contribution is 5.78. The first-order valence-electron chi connectivity index (χ1n) is 11.4. The monoisotopic (exact) mass is 444 g/mol. The number of anilines is 1. The summed E-state index contributed by atoms with van der Waals surface area (Å²) in [5.74, 6) is 0.755. The molecule has 3 aromatic rings. The summed E-state index contributed by atoms with van der Waals surface area (Å²) in [7, 11) is 2.16. The van der Waals surface area contributed by atoms with Crippen LogP contribution in [0.5, 0.6) is 5.75 Å². The zero-order valence-electron chi connectivity index (χ0n) is 19.0. The molecule has 2 atom stereocenters. The lowest BCUT2D eigenvalue weighted by molar-refractivity contribution is -0.119. The van der Waals surface area contributed by atoms with E-state index in [1.165, 1.54) is 5.69 Å². The summed E-state index contributed by atoms with van der Waals surface area (Å²) in [6, 6.07) is 12.7. The summed E-state index contributed by atoms with van der Waals surface area (Å²) in [6.07, 6.45) is 3.77. The minimum Gasteiger partial charge on any atom is -0.488 e. The molecule has 2 saturated heterocycles. The fourth-order valence-electron chi connectivity index (χ4n) is 4.60. The average Bonchev–Trinajstić information content (AvgIpc) is 3.46. The number of benzene rings is 1. The van der Waals surface area contributed by atoms with E-state index in [0.717, 1.165) is 37.3 Å². The molecule has 0 bridgehead atoms. The molecule has 8 heteroatoms. The Kier molecular flexibility index (Phi) is 5.65. The van der Waals surface area contributed by atoms with Crippen molar-refractivity contribution in [2.45, 2.75) is 19.4 Å². The molecule has 8 nitrogen and oxygen atoms in total. The number of hydrogen-bond donors (Lipinski definition) is 1. The molecule has 0 radical (unpaired) electrons. The van der Waals surface area contributed by atoms with Gasteiger partial charge in [0.05, 0.1) is 6.20 Å². The van der Waals surface area contributed by atoms with Crippen molar-refractivity contribution in [3.8, 4) is 22.9 Å². The fraction of sp³-hybridized carbons (Fsp3) is 0.400. The number of hydrogen-bond acceptors (Lipinski definition) is 6. The van der Waals surface area contributed by atoms with Gasteiger partial charge in [-0.1, -0.05) is 12.1 Å². The van der Waals surface area contributed by atoms with Crippen LogP contribution in [0.1, 0.15) is 18.9 Å². The van der Waals surface area contributed by atoms with Crippen LogP contribution in [-0.4, -0.2) is 66.3 Å². The van der Waals surface area contributed by atoms with E-state index in [9.17, 15) is 10.1 Å². The van der Waals surface area contributed by atoms with Gasteiger partial charge in [0.2, 0.25) is 5.91 Å². The van der Waals surface area contributed by atoms with Crippen LogP contribution < -0.4 is 15.0 Å². The highest BCUT2D eigenvalue weighted by Gasteiger charge is 2.29. The van der Waals surface area contributed by atoms with Crippen molar-refractivity contribution in [2.24, 2.45) is 5.92 Å². The van der Waals surface area contributed by atoms with Gasteiger partial charge in [-0.15, -0.1) is 0 Å². The normalized spacial score (nSPS) is 20.0. The number of piperazine rings is 1. The lowest BCUT2D eigenvalue weighted by Crippen LogP contribution is -2.44. The number of carbonyl (C=O) groups is 1. The number of ether oxygens (including phenoxy) is 1. The van der Waals surface area contributed by atoms with E-state index in [2.05, 4.69) is 57.6 Å². The number of nitriles is 1. The van der Waals surface area contributed by atoms with E-state index in [4.69, 9.17) is 4.74 Å². The minimum atomic E-state index is -0.177. The number of nitrogens with one attached hydrogen (secondary N) is 1. The summed E-state index contributed by atoms with van der Waals surface area (Å²) in [6.45, 7) is 6.77.